The van der Waals surface area contributed by atoms with Crippen molar-refractivity contribution in [3.8, 4) is 0 Å². The molecule has 1 amide bonds. The van der Waals surface area contributed by atoms with E-state index in [1.165, 1.54) is 11.4 Å². The number of methoxy groups -OCH3 is 1. The van der Waals surface area contributed by atoms with Crippen LogP contribution in [0.25, 0.3) is 0 Å². The minimum Gasteiger partial charge on any atom is -0.384 e. The summed E-state index contributed by atoms with van der Waals surface area (Å²) in [6.45, 7) is 4.48. The third-order valence-corrected chi connectivity index (χ3v) is 6.39. The van der Waals surface area contributed by atoms with Gasteiger partial charge in [0.05, 0.1) is 12.4 Å². The Kier molecular flexibility index (Phi) is 6.19. The summed E-state index contributed by atoms with van der Waals surface area (Å²) >= 11 is 0. The van der Waals surface area contributed by atoms with Gasteiger partial charge in [-0.25, -0.2) is 12.7 Å². The third kappa shape index (κ3) is 4.41. The molecule has 0 unspecified atom stereocenters. The first-order chi connectivity index (χ1) is 10.4. The fourth-order valence-corrected chi connectivity index (χ4v) is 4.39. The zero-order valence-electron chi connectivity index (χ0n) is 13.5. The van der Waals surface area contributed by atoms with Gasteiger partial charge in [0.1, 0.15) is 0 Å². The van der Waals surface area contributed by atoms with Crippen LogP contribution in [0.5, 0.6) is 0 Å². The van der Waals surface area contributed by atoms with E-state index in [1.807, 2.05) is 4.90 Å². The van der Waals surface area contributed by atoms with Crippen LogP contribution in [0.4, 0.5) is 0 Å². The average Bonchev–Trinajstić information content (AvgIpc) is 2.53. The maximum atomic E-state index is 12.5. The van der Waals surface area contributed by atoms with E-state index >= 15 is 0 Å². The van der Waals surface area contributed by atoms with Crippen molar-refractivity contribution >= 4 is 15.9 Å². The SMILES string of the molecule is COCCS(=O)(=O)N1CCC(C(=O)N2CCN(C)CC2)CC1. The summed E-state index contributed by atoms with van der Waals surface area (Å²) in [5, 5.41) is 0. The van der Waals surface area contributed by atoms with Gasteiger partial charge in [-0.05, 0) is 19.9 Å². The number of piperazine rings is 1. The van der Waals surface area contributed by atoms with Gasteiger partial charge in [0.2, 0.25) is 15.9 Å². The second kappa shape index (κ2) is 7.72. The van der Waals surface area contributed by atoms with Crippen molar-refractivity contribution in [2.75, 3.05) is 65.8 Å². The summed E-state index contributed by atoms with van der Waals surface area (Å²) in [7, 11) is 0.307. The van der Waals surface area contributed by atoms with Gasteiger partial charge in [0.15, 0.2) is 0 Å². The molecule has 2 saturated heterocycles. The highest BCUT2D eigenvalue weighted by atomic mass is 32.2. The van der Waals surface area contributed by atoms with Gasteiger partial charge in [-0.2, -0.15) is 0 Å². The minimum atomic E-state index is -3.25. The fourth-order valence-electron chi connectivity index (χ4n) is 2.98. The highest BCUT2D eigenvalue weighted by Crippen LogP contribution is 2.22. The smallest absolute Gasteiger partial charge is 0.225 e. The third-order valence-electron chi connectivity index (χ3n) is 4.56. The predicted octanol–water partition coefficient (Wildman–Crippen LogP) is -0.551. The number of amides is 1. The Labute approximate surface area is 133 Å². The Morgan fingerprint density at radius 3 is 2.23 bits per heavy atom. The van der Waals surface area contributed by atoms with E-state index in [0.29, 0.717) is 25.9 Å². The molecular formula is C14H27N3O4S. The molecule has 2 aliphatic heterocycles. The molecule has 0 saturated carbocycles. The van der Waals surface area contributed by atoms with Crippen molar-refractivity contribution in [3.05, 3.63) is 0 Å². The van der Waals surface area contributed by atoms with Crippen LogP contribution in [0.3, 0.4) is 0 Å². The number of carbonyl (C=O) groups is 1. The van der Waals surface area contributed by atoms with E-state index in [9.17, 15) is 13.2 Å². The van der Waals surface area contributed by atoms with Gasteiger partial charge in [-0.3, -0.25) is 4.79 Å². The lowest BCUT2D eigenvalue weighted by Crippen LogP contribution is -2.51. The van der Waals surface area contributed by atoms with E-state index in [-0.39, 0.29) is 24.2 Å². The van der Waals surface area contributed by atoms with Gasteiger partial charge < -0.3 is 14.5 Å². The van der Waals surface area contributed by atoms with E-state index < -0.39 is 10.0 Å². The number of likely N-dealkylation sites (N-methyl/N-ethyl adjacent to an activating group) is 1. The molecule has 2 fully saturated rings. The van der Waals surface area contributed by atoms with Crippen molar-refractivity contribution in [1.29, 1.82) is 0 Å². The van der Waals surface area contributed by atoms with Crippen LogP contribution < -0.4 is 0 Å². The van der Waals surface area contributed by atoms with Crippen molar-refractivity contribution in [2.45, 2.75) is 12.8 Å². The van der Waals surface area contributed by atoms with Crippen LogP contribution in [0, 0.1) is 5.92 Å². The number of sulfonamides is 1. The van der Waals surface area contributed by atoms with Crippen LogP contribution in [0.1, 0.15) is 12.8 Å². The second-order valence-electron chi connectivity index (χ2n) is 6.11. The first kappa shape index (κ1) is 17.7. The first-order valence-electron chi connectivity index (χ1n) is 7.88. The van der Waals surface area contributed by atoms with Gasteiger partial charge >= 0.3 is 0 Å². The molecule has 2 aliphatic rings. The molecule has 8 heteroatoms. The van der Waals surface area contributed by atoms with Gasteiger partial charge in [0.25, 0.3) is 0 Å². The molecule has 0 radical (unpaired) electrons. The molecular weight excluding hydrogens is 306 g/mol. The van der Waals surface area contributed by atoms with Crippen LogP contribution >= 0.6 is 0 Å². The van der Waals surface area contributed by atoms with Gasteiger partial charge in [-0.15, -0.1) is 0 Å². The molecule has 22 heavy (non-hydrogen) atoms. The largest absolute Gasteiger partial charge is 0.384 e. The molecule has 0 aliphatic carbocycles. The van der Waals surface area contributed by atoms with Crippen LogP contribution in [0.15, 0.2) is 0 Å². The quantitative estimate of drug-likeness (QED) is 0.675. The monoisotopic (exact) mass is 333 g/mol. The predicted molar refractivity (Wildman–Crippen MR) is 84.0 cm³/mol. The molecule has 0 aromatic carbocycles. The zero-order valence-corrected chi connectivity index (χ0v) is 14.3. The highest BCUT2D eigenvalue weighted by Gasteiger charge is 2.33. The molecule has 2 rings (SSSR count). The number of carbonyl (C=O) groups excluding carboxylic acids is 1. The number of ether oxygens (including phenoxy) is 1. The first-order valence-corrected chi connectivity index (χ1v) is 9.49. The molecule has 0 aromatic heterocycles. The lowest BCUT2D eigenvalue weighted by atomic mass is 9.96. The van der Waals surface area contributed by atoms with Crippen LogP contribution in [0.2, 0.25) is 0 Å². The Hall–Kier alpha value is -0.700. The maximum Gasteiger partial charge on any atom is 0.225 e. The zero-order chi connectivity index (χ0) is 16.2. The molecule has 0 aromatic rings. The lowest BCUT2D eigenvalue weighted by Gasteiger charge is -2.37. The summed E-state index contributed by atoms with van der Waals surface area (Å²) in [6, 6.07) is 0. The van der Waals surface area contributed by atoms with Gasteiger partial charge in [0, 0.05) is 52.3 Å². The second-order valence-corrected chi connectivity index (χ2v) is 8.20. The molecule has 0 spiro atoms. The van der Waals surface area contributed by atoms with Crippen LogP contribution in [-0.2, 0) is 19.6 Å². The molecule has 2 heterocycles. The summed E-state index contributed by atoms with van der Waals surface area (Å²) in [6.07, 6.45) is 1.24. The standard InChI is InChI=1S/C14H27N3O4S/c1-15-7-9-16(10-8-15)14(18)13-3-5-17(6-4-13)22(19,20)12-11-21-2/h13H,3-12H2,1-2H3. The minimum absolute atomic E-state index is 0.0145. The Morgan fingerprint density at radius 2 is 1.68 bits per heavy atom. The van der Waals surface area contributed by atoms with Crippen molar-refractivity contribution in [1.82, 2.24) is 14.1 Å². The molecule has 0 N–H and O–H groups in total. The Morgan fingerprint density at radius 1 is 1.09 bits per heavy atom. The average molecular weight is 333 g/mol. The molecule has 7 nitrogen and oxygen atoms in total. The van der Waals surface area contributed by atoms with E-state index in [1.54, 1.807) is 0 Å². The summed E-state index contributed by atoms with van der Waals surface area (Å²) in [5.74, 6) is 0.180. The number of hydrogen-bond donors (Lipinski definition) is 0. The van der Waals surface area contributed by atoms with Crippen molar-refractivity contribution in [2.24, 2.45) is 5.92 Å². The summed E-state index contributed by atoms with van der Waals surface area (Å²) < 4.78 is 30.6. The van der Waals surface area contributed by atoms with E-state index in [0.717, 1.165) is 26.2 Å². The maximum absolute atomic E-state index is 12.5. The Balaban J connectivity index is 1.83. The highest BCUT2D eigenvalue weighted by molar-refractivity contribution is 7.89. The molecule has 0 bridgehead atoms. The molecule has 0 atom stereocenters. The van der Waals surface area contributed by atoms with Gasteiger partial charge in [-0.1, -0.05) is 0 Å². The number of nitrogens with zero attached hydrogens (tertiary/aromatic N) is 3. The Bertz CT molecular complexity index is 466. The number of hydrogen-bond acceptors (Lipinski definition) is 5. The van der Waals surface area contributed by atoms with E-state index in [2.05, 4.69) is 11.9 Å². The summed E-state index contributed by atoms with van der Waals surface area (Å²) in [4.78, 5) is 16.7. The summed E-state index contributed by atoms with van der Waals surface area (Å²) in [5.41, 5.74) is 0. The number of piperidine rings is 1. The van der Waals surface area contributed by atoms with Crippen molar-refractivity contribution < 1.29 is 17.9 Å². The molecule has 128 valence electrons. The lowest BCUT2D eigenvalue weighted by molar-refractivity contribution is -0.138. The topological polar surface area (TPSA) is 70.2 Å². The normalized spacial score (nSPS) is 22.9. The van der Waals surface area contributed by atoms with Crippen molar-refractivity contribution in [3.63, 3.8) is 0 Å². The number of rotatable bonds is 5. The van der Waals surface area contributed by atoms with E-state index in [4.69, 9.17) is 4.74 Å². The van der Waals surface area contributed by atoms with Crippen LogP contribution in [-0.4, -0.2) is 94.2 Å². The fraction of sp³-hybridized carbons (Fsp3) is 0.929.